The molecule has 1 aromatic heterocycles. The number of fused-ring (bicyclic) bond motifs is 1. The molecule has 2 aromatic carbocycles. The van der Waals surface area contributed by atoms with E-state index in [0.717, 1.165) is 12.4 Å². The van der Waals surface area contributed by atoms with E-state index in [1.165, 1.54) is 21.4 Å². The Morgan fingerprint density at radius 3 is 2.41 bits per heavy atom. The minimum Gasteiger partial charge on any atom is -0.367 e. The third kappa shape index (κ3) is 2.44. The second-order valence-electron chi connectivity index (χ2n) is 5.32. The second kappa shape index (κ2) is 5.78. The highest BCUT2D eigenvalue weighted by molar-refractivity contribution is 8.22. The van der Waals surface area contributed by atoms with E-state index in [4.69, 9.17) is 0 Å². The highest BCUT2D eigenvalue weighted by atomic mass is 32.2. The summed E-state index contributed by atoms with van der Waals surface area (Å²) in [7, 11) is -0.359. The number of nitrogens with one attached hydrogen (secondary N) is 2. The lowest BCUT2D eigenvalue weighted by atomic mass is 10.2. The molecule has 2 N–H and O–H groups in total. The summed E-state index contributed by atoms with van der Waals surface area (Å²) in [6.07, 6.45) is 4.29. The lowest BCUT2D eigenvalue weighted by Gasteiger charge is -2.14. The van der Waals surface area contributed by atoms with Gasteiger partial charge in [0.25, 0.3) is 0 Å². The van der Waals surface area contributed by atoms with Crippen molar-refractivity contribution in [2.24, 2.45) is 0 Å². The van der Waals surface area contributed by atoms with E-state index < -0.39 is 0 Å². The molecule has 110 valence electrons. The van der Waals surface area contributed by atoms with Gasteiger partial charge in [-0.25, -0.2) is 0 Å². The van der Waals surface area contributed by atoms with Crippen LogP contribution in [-0.4, -0.2) is 4.98 Å². The van der Waals surface area contributed by atoms with E-state index in [2.05, 4.69) is 87.9 Å². The first-order chi connectivity index (χ1) is 10.9. The number of thiol groups is 1. The van der Waals surface area contributed by atoms with Gasteiger partial charge in [-0.3, -0.25) is 0 Å². The maximum atomic E-state index is 3.59. The molecule has 2 nitrogen and oxygen atoms in total. The SMILES string of the molecule is C1=C[SH](c2c(NCc3ccccc3)[nH]c3ccccc23)C=C1. The molecule has 1 aliphatic heterocycles. The lowest BCUT2D eigenvalue weighted by Crippen LogP contribution is -2.00. The largest absolute Gasteiger partial charge is 0.367 e. The molecule has 3 aromatic rings. The van der Waals surface area contributed by atoms with Gasteiger partial charge in [0.05, 0.1) is 0 Å². The fourth-order valence-electron chi connectivity index (χ4n) is 2.79. The fourth-order valence-corrected chi connectivity index (χ4v) is 4.63. The quantitative estimate of drug-likeness (QED) is 0.569. The van der Waals surface area contributed by atoms with Crippen LogP contribution in [0.15, 0.2) is 82.5 Å². The van der Waals surface area contributed by atoms with Crippen molar-refractivity contribution in [1.29, 1.82) is 0 Å². The Bertz CT molecular complexity index is 834. The van der Waals surface area contributed by atoms with Crippen LogP contribution in [-0.2, 0) is 6.54 Å². The molecule has 0 atom stereocenters. The average molecular weight is 306 g/mol. The van der Waals surface area contributed by atoms with Gasteiger partial charge in [0.15, 0.2) is 0 Å². The summed E-state index contributed by atoms with van der Waals surface area (Å²) in [6.45, 7) is 0.831. The van der Waals surface area contributed by atoms with Gasteiger partial charge in [0, 0.05) is 22.3 Å². The van der Waals surface area contributed by atoms with Gasteiger partial charge in [0.2, 0.25) is 0 Å². The van der Waals surface area contributed by atoms with Crippen molar-refractivity contribution in [1.82, 2.24) is 4.98 Å². The molecule has 0 amide bonds. The molecule has 3 heteroatoms. The summed E-state index contributed by atoms with van der Waals surface area (Å²) in [6, 6.07) is 19.0. The molecule has 0 unspecified atom stereocenters. The van der Waals surface area contributed by atoms with Crippen LogP contribution in [0.5, 0.6) is 0 Å². The van der Waals surface area contributed by atoms with Crippen LogP contribution in [0, 0.1) is 0 Å². The first-order valence-corrected chi connectivity index (χ1v) is 8.92. The van der Waals surface area contributed by atoms with Crippen LogP contribution in [0.1, 0.15) is 5.56 Å². The minimum atomic E-state index is -0.359. The second-order valence-corrected chi connectivity index (χ2v) is 7.18. The molecule has 0 saturated carbocycles. The monoisotopic (exact) mass is 306 g/mol. The normalized spacial score (nSPS) is 14.8. The van der Waals surface area contributed by atoms with E-state index >= 15 is 0 Å². The number of hydrogen-bond donors (Lipinski definition) is 3. The first kappa shape index (κ1) is 13.3. The van der Waals surface area contributed by atoms with Crippen molar-refractivity contribution in [3.63, 3.8) is 0 Å². The Hall–Kier alpha value is -2.39. The Labute approximate surface area is 132 Å². The molecule has 1 aliphatic rings. The van der Waals surface area contributed by atoms with Crippen molar-refractivity contribution >= 4 is 27.6 Å². The summed E-state index contributed by atoms with van der Waals surface area (Å²) >= 11 is 0. The molecule has 0 aliphatic carbocycles. The molecule has 4 rings (SSSR count). The predicted octanol–water partition coefficient (Wildman–Crippen LogP) is 5.18. The van der Waals surface area contributed by atoms with Gasteiger partial charge in [-0.2, -0.15) is 10.9 Å². The van der Waals surface area contributed by atoms with Gasteiger partial charge >= 0.3 is 0 Å². The van der Waals surface area contributed by atoms with Crippen LogP contribution >= 0.6 is 10.9 Å². The molecular weight excluding hydrogens is 288 g/mol. The predicted molar refractivity (Wildman–Crippen MR) is 97.6 cm³/mol. The average Bonchev–Trinajstić information content (AvgIpc) is 3.20. The fraction of sp³-hybridized carbons (Fsp3) is 0.0526. The van der Waals surface area contributed by atoms with E-state index in [-0.39, 0.29) is 10.9 Å². The van der Waals surface area contributed by atoms with Crippen LogP contribution in [0.25, 0.3) is 10.9 Å². The Morgan fingerprint density at radius 2 is 1.59 bits per heavy atom. The van der Waals surface area contributed by atoms with Gasteiger partial charge in [-0.15, -0.1) is 0 Å². The number of rotatable bonds is 4. The third-order valence-corrected chi connectivity index (χ3v) is 5.82. The van der Waals surface area contributed by atoms with Crippen molar-refractivity contribution in [2.45, 2.75) is 11.4 Å². The minimum absolute atomic E-state index is 0.359. The highest BCUT2D eigenvalue weighted by Gasteiger charge is 2.15. The van der Waals surface area contributed by atoms with Crippen LogP contribution < -0.4 is 5.32 Å². The summed E-state index contributed by atoms with van der Waals surface area (Å²) < 4.78 is 0. The Balaban J connectivity index is 1.71. The van der Waals surface area contributed by atoms with Gasteiger partial charge in [0.1, 0.15) is 5.82 Å². The van der Waals surface area contributed by atoms with Crippen LogP contribution in [0.3, 0.4) is 0 Å². The number of para-hydroxylation sites is 1. The molecule has 22 heavy (non-hydrogen) atoms. The summed E-state index contributed by atoms with van der Waals surface area (Å²) in [5.41, 5.74) is 2.49. The number of allylic oxidation sites excluding steroid dienone is 2. The first-order valence-electron chi connectivity index (χ1n) is 7.44. The van der Waals surface area contributed by atoms with Crippen LogP contribution in [0.2, 0.25) is 0 Å². The number of aromatic nitrogens is 1. The van der Waals surface area contributed by atoms with Crippen LogP contribution in [0.4, 0.5) is 5.82 Å². The van der Waals surface area contributed by atoms with Gasteiger partial charge in [-0.05, 0) is 22.4 Å². The molecular formula is C19H18N2S. The third-order valence-electron chi connectivity index (χ3n) is 3.85. The zero-order valence-electron chi connectivity index (χ0n) is 12.2. The molecule has 0 fully saturated rings. The smallest absolute Gasteiger partial charge is 0.117 e. The number of H-pyrrole nitrogens is 1. The highest BCUT2D eigenvalue weighted by Crippen LogP contribution is 2.49. The number of hydrogen-bond acceptors (Lipinski definition) is 1. The van der Waals surface area contributed by atoms with E-state index in [1.54, 1.807) is 0 Å². The van der Waals surface area contributed by atoms with Crippen molar-refractivity contribution in [2.75, 3.05) is 5.32 Å². The Kier molecular flexibility index (Phi) is 3.49. The van der Waals surface area contributed by atoms with Gasteiger partial charge < -0.3 is 10.3 Å². The topological polar surface area (TPSA) is 27.8 Å². The van der Waals surface area contributed by atoms with Crippen molar-refractivity contribution in [3.05, 3.63) is 83.1 Å². The standard InChI is InChI=1S/C19H18N2S/c1-2-8-15(9-3-1)14-20-19-18(22-12-6-7-13-22)16-10-4-5-11-17(16)21-19/h1-13,20-22H,14H2. The maximum Gasteiger partial charge on any atom is 0.117 e. The zero-order valence-corrected chi connectivity index (χ0v) is 13.1. The summed E-state index contributed by atoms with van der Waals surface area (Å²) in [4.78, 5) is 4.94. The number of anilines is 1. The van der Waals surface area contributed by atoms with Crippen molar-refractivity contribution < 1.29 is 0 Å². The zero-order chi connectivity index (χ0) is 14.8. The lowest BCUT2D eigenvalue weighted by molar-refractivity contribution is 1.11. The number of benzene rings is 2. The number of aromatic amines is 1. The van der Waals surface area contributed by atoms with E-state index in [1.807, 2.05) is 0 Å². The summed E-state index contributed by atoms with van der Waals surface area (Å²) in [5, 5.41) is 9.52. The maximum absolute atomic E-state index is 3.59. The van der Waals surface area contributed by atoms with E-state index in [0.29, 0.717) is 0 Å². The van der Waals surface area contributed by atoms with E-state index in [9.17, 15) is 0 Å². The van der Waals surface area contributed by atoms with Gasteiger partial charge in [-0.1, -0.05) is 60.7 Å². The molecule has 0 radical (unpaired) electrons. The Morgan fingerprint density at radius 1 is 0.864 bits per heavy atom. The molecule has 0 saturated heterocycles. The molecule has 0 bridgehead atoms. The summed E-state index contributed by atoms with van der Waals surface area (Å²) in [5.74, 6) is 1.15. The van der Waals surface area contributed by atoms with Crippen molar-refractivity contribution in [3.8, 4) is 0 Å². The molecule has 2 heterocycles. The molecule has 0 spiro atoms.